The van der Waals surface area contributed by atoms with E-state index in [2.05, 4.69) is 31.6 Å². The Hall–Kier alpha value is -1.27. The molecule has 0 saturated carbocycles. The molecule has 2 amide bonds. The summed E-state index contributed by atoms with van der Waals surface area (Å²) in [6.45, 7) is 5.60. The number of nitrogens with one attached hydrogen (secondary N) is 2. The van der Waals surface area contributed by atoms with Gasteiger partial charge in [0.05, 0.1) is 10.7 Å². The van der Waals surface area contributed by atoms with Crippen LogP contribution < -0.4 is 16.4 Å². The number of halogens is 2. The van der Waals surface area contributed by atoms with Gasteiger partial charge in [0.1, 0.15) is 0 Å². The van der Waals surface area contributed by atoms with Gasteiger partial charge in [-0.3, -0.25) is 5.32 Å². The number of guanidine groups is 1. The molecule has 1 rings (SSSR count). The van der Waals surface area contributed by atoms with Gasteiger partial charge >= 0.3 is 6.03 Å². The van der Waals surface area contributed by atoms with Crippen LogP contribution in [0.1, 0.15) is 20.8 Å². The van der Waals surface area contributed by atoms with Crippen LogP contribution in [0.4, 0.5) is 10.5 Å². The second-order valence-corrected chi connectivity index (χ2v) is 6.24. The molecule has 0 atom stereocenters. The molecular formula is C12H16BrClN4O. The monoisotopic (exact) mass is 346 g/mol. The maximum Gasteiger partial charge on any atom is 0.321 e. The first kappa shape index (κ1) is 15.8. The Kier molecular flexibility index (Phi) is 5.20. The van der Waals surface area contributed by atoms with Crippen LogP contribution in [0.2, 0.25) is 5.02 Å². The fourth-order valence-electron chi connectivity index (χ4n) is 1.22. The molecule has 0 saturated heterocycles. The highest BCUT2D eigenvalue weighted by Crippen LogP contribution is 2.27. The summed E-state index contributed by atoms with van der Waals surface area (Å²) in [6.07, 6.45) is 0. The van der Waals surface area contributed by atoms with Gasteiger partial charge in [0.15, 0.2) is 0 Å². The van der Waals surface area contributed by atoms with Gasteiger partial charge in [-0.05, 0) is 39.0 Å². The van der Waals surface area contributed by atoms with E-state index in [0.717, 1.165) is 4.47 Å². The van der Waals surface area contributed by atoms with Crippen LogP contribution in [0.5, 0.6) is 0 Å². The fourth-order valence-corrected chi connectivity index (χ4v) is 1.93. The Morgan fingerprint density at radius 1 is 1.42 bits per heavy atom. The van der Waals surface area contributed by atoms with Crippen molar-refractivity contribution in [2.24, 2.45) is 10.7 Å². The highest BCUT2D eigenvalue weighted by molar-refractivity contribution is 9.10. The van der Waals surface area contributed by atoms with Gasteiger partial charge in [0.25, 0.3) is 0 Å². The van der Waals surface area contributed by atoms with E-state index in [1.54, 1.807) is 18.2 Å². The summed E-state index contributed by atoms with van der Waals surface area (Å²) >= 11 is 9.29. The number of carbonyl (C=O) groups is 1. The number of nitrogens with zero attached hydrogens (tertiary/aromatic N) is 1. The number of aliphatic imine (C=N–C) groups is 1. The molecular weight excluding hydrogens is 332 g/mol. The van der Waals surface area contributed by atoms with Crippen LogP contribution in [-0.4, -0.2) is 17.5 Å². The van der Waals surface area contributed by atoms with Crippen molar-refractivity contribution in [1.29, 1.82) is 0 Å². The maximum atomic E-state index is 11.6. The SMILES string of the molecule is CC(C)(C)NC(=O)NC(N)=Nc1ccc(Br)cc1Cl. The standard InChI is InChI=1S/C12H16BrClN4O/c1-12(2,3)18-11(19)17-10(15)16-9-5-4-7(13)6-8(9)14/h4-6H,1-3H3,(H4,15,16,17,18,19). The third-order valence-corrected chi connectivity index (χ3v) is 2.68. The quantitative estimate of drug-likeness (QED) is 0.539. The van der Waals surface area contributed by atoms with Crippen LogP contribution in [0.3, 0.4) is 0 Å². The number of amides is 2. The molecule has 0 fully saturated rings. The number of urea groups is 1. The van der Waals surface area contributed by atoms with E-state index in [4.69, 9.17) is 17.3 Å². The normalized spacial score (nSPS) is 12.2. The molecule has 0 heterocycles. The summed E-state index contributed by atoms with van der Waals surface area (Å²) in [5.74, 6) is -0.0222. The summed E-state index contributed by atoms with van der Waals surface area (Å²) in [6, 6.07) is 4.76. The predicted molar refractivity (Wildman–Crippen MR) is 81.9 cm³/mol. The molecule has 5 nitrogen and oxygen atoms in total. The van der Waals surface area contributed by atoms with Crippen molar-refractivity contribution in [2.75, 3.05) is 0 Å². The zero-order valence-corrected chi connectivity index (χ0v) is 13.3. The van der Waals surface area contributed by atoms with E-state index in [1.165, 1.54) is 0 Å². The lowest BCUT2D eigenvalue weighted by molar-refractivity contribution is 0.236. The molecule has 0 bridgehead atoms. The smallest absolute Gasteiger partial charge is 0.321 e. The van der Waals surface area contributed by atoms with Crippen LogP contribution in [0, 0.1) is 0 Å². The van der Waals surface area contributed by atoms with E-state index in [9.17, 15) is 4.79 Å². The Labute approximate surface area is 125 Å². The Bertz CT molecular complexity index is 511. The van der Waals surface area contributed by atoms with E-state index in [0.29, 0.717) is 10.7 Å². The molecule has 0 radical (unpaired) electrons. The number of hydrogen-bond donors (Lipinski definition) is 3. The molecule has 4 N–H and O–H groups in total. The predicted octanol–water partition coefficient (Wildman–Crippen LogP) is 3.15. The molecule has 7 heteroatoms. The van der Waals surface area contributed by atoms with Gasteiger partial charge < -0.3 is 11.1 Å². The van der Waals surface area contributed by atoms with Gasteiger partial charge in [-0.1, -0.05) is 27.5 Å². The molecule has 0 aliphatic rings. The summed E-state index contributed by atoms with van der Waals surface area (Å²) in [5.41, 5.74) is 5.78. The van der Waals surface area contributed by atoms with Crippen molar-refractivity contribution >= 4 is 45.2 Å². The number of nitrogens with two attached hydrogens (primary N) is 1. The average Bonchev–Trinajstić information content (AvgIpc) is 2.19. The first-order chi connectivity index (χ1) is 8.67. The van der Waals surface area contributed by atoms with Gasteiger partial charge in [0.2, 0.25) is 5.96 Å². The number of hydrogen-bond acceptors (Lipinski definition) is 2. The van der Waals surface area contributed by atoms with Crippen LogP contribution in [-0.2, 0) is 0 Å². The third-order valence-electron chi connectivity index (χ3n) is 1.88. The lowest BCUT2D eigenvalue weighted by atomic mass is 10.1. The minimum Gasteiger partial charge on any atom is -0.369 e. The Balaban J connectivity index is 2.74. The van der Waals surface area contributed by atoms with Crippen molar-refractivity contribution < 1.29 is 4.79 Å². The molecule has 0 aliphatic carbocycles. The lowest BCUT2D eigenvalue weighted by Gasteiger charge is -2.20. The van der Waals surface area contributed by atoms with Crippen molar-refractivity contribution in [3.05, 3.63) is 27.7 Å². The van der Waals surface area contributed by atoms with E-state index >= 15 is 0 Å². The van der Waals surface area contributed by atoms with Crippen molar-refractivity contribution in [1.82, 2.24) is 10.6 Å². The summed E-state index contributed by atoms with van der Waals surface area (Å²) in [7, 11) is 0. The second-order valence-electron chi connectivity index (χ2n) is 4.92. The minimum absolute atomic E-state index is 0.0222. The number of carbonyl (C=O) groups excluding carboxylic acids is 1. The first-order valence-electron chi connectivity index (χ1n) is 5.56. The third kappa shape index (κ3) is 5.94. The van der Waals surface area contributed by atoms with Crippen molar-refractivity contribution in [3.63, 3.8) is 0 Å². The zero-order chi connectivity index (χ0) is 14.6. The molecule has 0 spiro atoms. The second kappa shape index (κ2) is 6.25. The maximum absolute atomic E-state index is 11.6. The van der Waals surface area contributed by atoms with Crippen LogP contribution in [0.15, 0.2) is 27.7 Å². The minimum atomic E-state index is -0.415. The van der Waals surface area contributed by atoms with Crippen LogP contribution >= 0.6 is 27.5 Å². The molecule has 1 aromatic rings. The Morgan fingerprint density at radius 2 is 2.05 bits per heavy atom. The molecule has 0 aliphatic heterocycles. The van der Waals surface area contributed by atoms with Gasteiger partial charge in [-0.25, -0.2) is 9.79 Å². The largest absolute Gasteiger partial charge is 0.369 e. The fraction of sp³-hybridized carbons (Fsp3) is 0.333. The Morgan fingerprint density at radius 3 is 2.58 bits per heavy atom. The topological polar surface area (TPSA) is 79.5 Å². The summed E-state index contributed by atoms with van der Waals surface area (Å²) < 4.78 is 0.841. The molecule has 0 unspecified atom stereocenters. The zero-order valence-electron chi connectivity index (χ0n) is 10.9. The van der Waals surface area contributed by atoms with Gasteiger partial charge in [-0.15, -0.1) is 0 Å². The number of rotatable bonds is 1. The summed E-state index contributed by atoms with van der Waals surface area (Å²) in [4.78, 5) is 15.6. The van der Waals surface area contributed by atoms with Gasteiger partial charge in [0, 0.05) is 10.0 Å². The molecule has 0 aromatic heterocycles. The summed E-state index contributed by atoms with van der Waals surface area (Å²) in [5, 5.41) is 5.58. The van der Waals surface area contributed by atoms with E-state index in [1.807, 2.05) is 20.8 Å². The molecule has 1 aromatic carbocycles. The van der Waals surface area contributed by atoms with Crippen LogP contribution in [0.25, 0.3) is 0 Å². The van der Waals surface area contributed by atoms with Gasteiger partial charge in [-0.2, -0.15) is 0 Å². The first-order valence-corrected chi connectivity index (χ1v) is 6.73. The highest BCUT2D eigenvalue weighted by Gasteiger charge is 2.14. The van der Waals surface area contributed by atoms with E-state index < -0.39 is 6.03 Å². The molecule has 19 heavy (non-hydrogen) atoms. The molecule has 104 valence electrons. The van der Waals surface area contributed by atoms with E-state index in [-0.39, 0.29) is 11.5 Å². The lowest BCUT2D eigenvalue weighted by Crippen LogP contribution is -2.50. The van der Waals surface area contributed by atoms with Crippen molar-refractivity contribution in [3.8, 4) is 0 Å². The highest BCUT2D eigenvalue weighted by atomic mass is 79.9. The average molecular weight is 348 g/mol. The number of benzene rings is 1. The van der Waals surface area contributed by atoms with Crippen molar-refractivity contribution in [2.45, 2.75) is 26.3 Å².